The summed E-state index contributed by atoms with van der Waals surface area (Å²) < 4.78 is 0. The first-order valence-corrected chi connectivity index (χ1v) is 7.02. The summed E-state index contributed by atoms with van der Waals surface area (Å²) >= 11 is 0. The van der Waals surface area contributed by atoms with E-state index in [2.05, 4.69) is 20.8 Å². The van der Waals surface area contributed by atoms with Gasteiger partial charge < -0.3 is 4.90 Å². The highest BCUT2D eigenvalue weighted by Gasteiger charge is 2.11. The van der Waals surface area contributed by atoms with Gasteiger partial charge in [0.05, 0.1) is 0 Å². The Bertz CT molecular complexity index is 325. The highest BCUT2D eigenvalue weighted by atomic mass is 16.2. The van der Waals surface area contributed by atoms with Crippen LogP contribution in [0.15, 0.2) is 24.3 Å². The van der Waals surface area contributed by atoms with E-state index in [1.165, 1.54) is 12.0 Å². The number of benzene rings is 1. The topological polar surface area (TPSA) is 20.3 Å². The van der Waals surface area contributed by atoms with Gasteiger partial charge in [-0.2, -0.15) is 0 Å². The summed E-state index contributed by atoms with van der Waals surface area (Å²) in [7, 11) is 0. The van der Waals surface area contributed by atoms with Gasteiger partial charge >= 0.3 is 0 Å². The van der Waals surface area contributed by atoms with E-state index in [9.17, 15) is 4.79 Å². The molecule has 0 bridgehead atoms. The summed E-state index contributed by atoms with van der Waals surface area (Å²) in [5, 5.41) is 0. The van der Waals surface area contributed by atoms with E-state index in [4.69, 9.17) is 0 Å². The number of hydrogen-bond donors (Lipinski definition) is 0. The van der Waals surface area contributed by atoms with E-state index in [0.717, 1.165) is 25.1 Å². The zero-order valence-corrected chi connectivity index (χ0v) is 12.5. The lowest BCUT2D eigenvalue weighted by Crippen LogP contribution is -2.30. The molecule has 2 heteroatoms. The molecule has 0 radical (unpaired) electrons. The molecule has 0 N–H and O–H groups in total. The average molecular weight is 249 g/mol. The Hall–Kier alpha value is -1.31. The van der Waals surface area contributed by atoms with Crippen LogP contribution in [0.25, 0.3) is 0 Å². The second-order valence-corrected chi connectivity index (χ2v) is 4.24. The fraction of sp³-hybridized carbons (Fsp3) is 0.562. The molecular formula is C16H27NO. The van der Waals surface area contributed by atoms with E-state index >= 15 is 0 Å². The smallest absolute Gasteiger partial charge is 0.253 e. The van der Waals surface area contributed by atoms with Crippen molar-refractivity contribution < 1.29 is 4.79 Å². The van der Waals surface area contributed by atoms with Crippen LogP contribution in [0.1, 0.15) is 57.0 Å². The average Bonchev–Trinajstić information content (AvgIpc) is 2.41. The van der Waals surface area contributed by atoms with Crippen molar-refractivity contribution in [2.45, 2.75) is 47.5 Å². The minimum atomic E-state index is 0.127. The van der Waals surface area contributed by atoms with Gasteiger partial charge in [0.15, 0.2) is 0 Å². The molecule has 2 nitrogen and oxygen atoms in total. The minimum absolute atomic E-state index is 0.127. The zero-order chi connectivity index (χ0) is 14.0. The zero-order valence-electron chi connectivity index (χ0n) is 12.5. The molecule has 0 spiro atoms. The van der Waals surface area contributed by atoms with E-state index in [1.807, 2.05) is 43.0 Å². The Balaban J connectivity index is 0.000000873. The number of nitrogens with zero attached hydrogens (tertiary/aromatic N) is 1. The van der Waals surface area contributed by atoms with Crippen LogP contribution in [0.2, 0.25) is 0 Å². The predicted molar refractivity (Wildman–Crippen MR) is 79.0 cm³/mol. The Kier molecular flexibility index (Phi) is 8.99. The monoisotopic (exact) mass is 249 g/mol. The largest absolute Gasteiger partial charge is 0.339 e. The fourth-order valence-corrected chi connectivity index (χ4v) is 1.58. The lowest BCUT2D eigenvalue weighted by Gasteiger charge is -2.18. The molecular weight excluding hydrogens is 222 g/mol. The second kappa shape index (κ2) is 9.69. The highest BCUT2D eigenvalue weighted by molar-refractivity contribution is 5.94. The van der Waals surface area contributed by atoms with Gasteiger partial charge in [0, 0.05) is 18.7 Å². The lowest BCUT2D eigenvalue weighted by atomic mass is 10.1. The molecule has 0 saturated heterocycles. The first kappa shape index (κ1) is 16.7. The van der Waals surface area contributed by atoms with E-state index in [-0.39, 0.29) is 5.91 Å². The van der Waals surface area contributed by atoms with Gasteiger partial charge in [0.25, 0.3) is 5.91 Å². The van der Waals surface area contributed by atoms with Crippen molar-refractivity contribution in [3.63, 3.8) is 0 Å². The van der Waals surface area contributed by atoms with Crippen molar-refractivity contribution >= 4 is 5.91 Å². The van der Waals surface area contributed by atoms with E-state index in [0.29, 0.717) is 0 Å². The van der Waals surface area contributed by atoms with Crippen LogP contribution in [-0.4, -0.2) is 23.9 Å². The van der Waals surface area contributed by atoms with Crippen LogP contribution in [0.3, 0.4) is 0 Å². The molecule has 1 aromatic rings. The summed E-state index contributed by atoms with van der Waals surface area (Å²) in [6.45, 7) is 11.9. The van der Waals surface area contributed by atoms with Crippen molar-refractivity contribution in [1.29, 1.82) is 0 Å². The third-order valence-corrected chi connectivity index (χ3v) is 2.66. The Labute approximate surface area is 112 Å². The molecule has 1 aromatic carbocycles. The molecule has 0 unspecified atom stereocenters. The molecule has 1 rings (SSSR count). The SMILES string of the molecule is CCC.CCc1ccc(C(=O)N(CC)CC)cc1. The van der Waals surface area contributed by atoms with Gasteiger partial charge in [0.2, 0.25) is 0 Å². The maximum absolute atomic E-state index is 11.9. The standard InChI is InChI=1S/C13H19NO.C3H8/c1-4-11-7-9-12(10-8-11)13(15)14(5-2)6-3;1-3-2/h7-10H,4-6H2,1-3H3;3H2,1-2H3. The van der Waals surface area contributed by atoms with Gasteiger partial charge in [-0.3, -0.25) is 4.79 Å². The molecule has 0 atom stereocenters. The Morgan fingerprint density at radius 1 is 0.944 bits per heavy atom. The van der Waals surface area contributed by atoms with Crippen LogP contribution in [0.5, 0.6) is 0 Å². The third kappa shape index (κ3) is 5.35. The number of carbonyl (C=O) groups is 1. The van der Waals surface area contributed by atoms with Crippen molar-refractivity contribution in [2.75, 3.05) is 13.1 Å². The number of hydrogen-bond acceptors (Lipinski definition) is 1. The van der Waals surface area contributed by atoms with Crippen LogP contribution in [-0.2, 0) is 6.42 Å². The maximum Gasteiger partial charge on any atom is 0.253 e. The number of amides is 1. The van der Waals surface area contributed by atoms with Gasteiger partial charge in [-0.25, -0.2) is 0 Å². The first-order valence-electron chi connectivity index (χ1n) is 7.02. The molecule has 1 amide bonds. The maximum atomic E-state index is 11.9. The first-order chi connectivity index (χ1) is 8.64. The van der Waals surface area contributed by atoms with Gasteiger partial charge in [-0.1, -0.05) is 39.3 Å². The van der Waals surface area contributed by atoms with Crippen LogP contribution in [0, 0.1) is 0 Å². The summed E-state index contributed by atoms with van der Waals surface area (Å²) in [5.74, 6) is 0.127. The predicted octanol–water partition coefficient (Wildman–Crippen LogP) is 4.15. The molecule has 0 heterocycles. The number of aryl methyl sites for hydroxylation is 1. The summed E-state index contributed by atoms with van der Waals surface area (Å²) in [6.07, 6.45) is 2.26. The normalized spacial score (nSPS) is 9.39. The van der Waals surface area contributed by atoms with Crippen LogP contribution in [0.4, 0.5) is 0 Å². The van der Waals surface area contributed by atoms with Crippen molar-refractivity contribution in [2.24, 2.45) is 0 Å². The van der Waals surface area contributed by atoms with E-state index in [1.54, 1.807) is 0 Å². The number of carbonyl (C=O) groups excluding carboxylic acids is 1. The number of rotatable bonds is 4. The Morgan fingerprint density at radius 2 is 1.39 bits per heavy atom. The van der Waals surface area contributed by atoms with Gasteiger partial charge in [-0.15, -0.1) is 0 Å². The molecule has 0 aliphatic carbocycles. The molecule has 0 aliphatic rings. The molecule has 0 aromatic heterocycles. The molecule has 0 aliphatic heterocycles. The summed E-state index contributed by atoms with van der Waals surface area (Å²) in [5.41, 5.74) is 2.06. The highest BCUT2D eigenvalue weighted by Crippen LogP contribution is 2.08. The van der Waals surface area contributed by atoms with Gasteiger partial charge in [0.1, 0.15) is 0 Å². The second-order valence-electron chi connectivity index (χ2n) is 4.24. The van der Waals surface area contributed by atoms with Crippen LogP contribution >= 0.6 is 0 Å². The van der Waals surface area contributed by atoms with Crippen LogP contribution < -0.4 is 0 Å². The molecule has 18 heavy (non-hydrogen) atoms. The fourth-order valence-electron chi connectivity index (χ4n) is 1.58. The quantitative estimate of drug-likeness (QED) is 0.785. The summed E-state index contributed by atoms with van der Waals surface area (Å²) in [6, 6.07) is 7.88. The van der Waals surface area contributed by atoms with Gasteiger partial charge in [-0.05, 0) is 38.0 Å². The third-order valence-electron chi connectivity index (χ3n) is 2.66. The minimum Gasteiger partial charge on any atom is -0.339 e. The molecule has 0 fully saturated rings. The van der Waals surface area contributed by atoms with E-state index < -0.39 is 0 Å². The lowest BCUT2D eigenvalue weighted by molar-refractivity contribution is 0.0773. The van der Waals surface area contributed by atoms with Crippen molar-refractivity contribution in [1.82, 2.24) is 4.90 Å². The summed E-state index contributed by atoms with van der Waals surface area (Å²) in [4.78, 5) is 13.8. The molecule has 0 saturated carbocycles. The Morgan fingerprint density at radius 3 is 1.72 bits per heavy atom. The molecule has 102 valence electrons. The van der Waals surface area contributed by atoms with Crippen molar-refractivity contribution in [3.8, 4) is 0 Å². The van der Waals surface area contributed by atoms with Crippen molar-refractivity contribution in [3.05, 3.63) is 35.4 Å².